The zero-order valence-electron chi connectivity index (χ0n) is 11.3. The first-order chi connectivity index (χ1) is 8.72. The molecule has 0 aromatic heterocycles. The summed E-state index contributed by atoms with van der Waals surface area (Å²) in [6.07, 6.45) is 3.98. The maximum absolute atomic E-state index is 5.96. The van der Waals surface area contributed by atoms with E-state index in [4.69, 9.17) is 11.6 Å². The van der Waals surface area contributed by atoms with Crippen LogP contribution in [0.2, 0.25) is 5.02 Å². The monoisotopic (exact) mass is 266 g/mol. The Bertz CT molecular complexity index is 361. The number of rotatable bonds is 4. The van der Waals surface area contributed by atoms with E-state index in [-0.39, 0.29) is 0 Å². The van der Waals surface area contributed by atoms with Crippen molar-refractivity contribution in [2.75, 3.05) is 20.1 Å². The van der Waals surface area contributed by atoms with Crippen molar-refractivity contribution < 1.29 is 0 Å². The Morgan fingerprint density at radius 3 is 2.72 bits per heavy atom. The molecule has 1 aliphatic rings. The van der Waals surface area contributed by atoms with Crippen molar-refractivity contribution in [1.82, 2.24) is 10.2 Å². The van der Waals surface area contributed by atoms with Gasteiger partial charge in [-0.25, -0.2) is 0 Å². The van der Waals surface area contributed by atoms with Crippen LogP contribution in [0.3, 0.4) is 0 Å². The maximum Gasteiger partial charge on any atom is 0.0406 e. The molecule has 1 heterocycles. The Morgan fingerprint density at radius 2 is 2.06 bits per heavy atom. The second-order valence-electron chi connectivity index (χ2n) is 5.17. The van der Waals surface area contributed by atoms with E-state index in [0.717, 1.165) is 11.6 Å². The molecule has 3 heteroatoms. The smallest absolute Gasteiger partial charge is 0.0406 e. The Kier molecular flexibility index (Phi) is 5.04. The zero-order valence-corrected chi connectivity index (χ0v) is 12.1. The molecule has 0 aliphatic carbocycles. The summed E-state index contributed by atoms with van der Waals surface area (Å²) < 4.78 is 0. The number of piperidine rings is 1. The Balaban J connectivity index is 2.09. The summed E-state index contributed by atoms with van der Waals surface area (Å²) in [5.74, 6) is 0. The van der Waals surface area contributed by atoms with Gasteiger partial charge < -0.3 is 5.32 Å². The van der Waals surface area contributed by atoms with E-state index in [0.29, 0.717) is 12.1 Å². The fourth-order valence-electron chi connectivity index (χ4n) is 2.92. The zero-order chi connectivity index (χ0) is 13.0. The van der Waals surface area contributed by atoms with E-state index >= 15 is 0 Å². The van der Waals surface area contributed by atoms with Gasteiger partial charge in [0.25, 0.3) is 0 Å². The average Bonchev–Trinajstić information content (AvgIpc) is 2.40. The molecular formula is C15H23ClN2. The quantitative estimate of drug-likeness (QED) is 0.898. The molecule has 18 heavy (non-hydrogen) atoms. The van der Waals surface area contributed by atoms with Gasteiger partial charge in [-0.3, -0.25) is 4.90 Å². The third-order valence-corrected chi connectivity index (χ3v) is 4.21. The topological polar surface area (TPSA) is 15.3 Å². The molecule has 0 amide bonds. The third-order valence-electron chi connectivity index (χ3n) is 3.96. The largest absolute Gasteiger partial charge is 0.318 e. The molecule has 1 N–H and O–H groups in total. The van der Waals surface area contributed by atoms with E-state index in [2.05, 4.69) is 29.3 Å². The van der Waals surface area contributed by atoms with Crippen molar-refractivity contribution in [2.24, 2.45) is 0 Å². The van der Waals surface area contributed by atoms with Gasteiger partial charge in [0.2, 0.25) is 0 Å². The molecule has 1 fully saturated rings. The van der Waals surface area contributed by atoms with Crippen molar-refractivity contribution >= 4 is 11.6 Å². The average molecular weight is 267 g/mol. The molecule has 2 nitrogen and oxygen atoms in total. The van der Waals surface area contributed by atoms with Crippen LogP contribution in [0.5, 0.6) is 0 Å². The van der Waals surface area contributed by atoms with Gasteiger partial charge in [0.15, 0.2) is 0 Å². The van der Waals surface area contributed by atoms with E-state index in [1.54, 1.807) is 0 Å². The van der Waals surface area contributed by atoms with Crippen molar-refractivity contribution in [3.8, 4) is 0 Å². The van der Waals surface area contributed by atoms with Crippen molar-refractivity contribution in [2.45, 2.75) is 38.3 Å². The molecule has 1 aromatic carbocycles. The first-order valence-corrected chi connectivity index (χ1v) is 7.26. The van der Waals surface area contributed by atoms with Gasteiger partial charge in [0.1, 0.15) is 0 Å². The molecule has 1 saturated heterocycles. The summed E-state index contributed by atoms with van der Waals surface area (Å²) in [5.41, 5.74) is 1.36. The third kappa shape index (κ3) is 3.25. The molecular weight excluding hydrogens is 244 g/mol. The van der Waals surface area contributed by atoms with Crippen LogP contribution in [-0.2, 0) is 0 Å². The number of nitrogens with zero attached hydrogens (tertiary/aromatic N) is 1. The molecule has 0 saturated carbocycles. The van der Waals surface area contributed by atoms with Gasteiger partial charge in [-0.2, -0.15) is 0 Å². The van der Waals surface area contributed by atoms with Gasteiger partial charge >= 0.3 is 0 Å². The van der Waals surface area contributed by atoms with E-state index in [9.17, 15) is 0 Å². The molecule has 100 valence electrons. The fraction of sp³-hybridized carbons (Fsp3) is 0.600. The molecule has 1 aliphatic heterocycles. The van der Waals surface area contributed by atoms with Gasteiger partial charge in [-0.15, -0.1) is 0 Å². The number of hydrogen-bond donors (Lipinski definition) is 1. The lowest BCUT2D eigenvalue weighted by atomic mass is 9.97. The number of likely N-dealkylation sites (tertiary alicyclic amines) is 1. The second-order valence-corrected chi connectivity index (χ2v) is 5.61. The molecule has 0 bridgehead atoms. The first-order valence-electron chi connectivity index (χ1n) is 6.88. The summed E-state index contributed by atoms with van der Waals surface area (Å²) in [7, 11) is 2.04. The van der Waals surface area contributed by atoms with Gasteiger partial charge in [-0.05, 0) is 51.1 Å². The summed E-state index contributed by atoms with van der Waals surface area (Å²) >= 11 is 5.96. The van der Waals surface area contributed by atoms with Crippen molar-refractivity contribution in [1.29, 1.82) is 0 Å². The summed E-state index contributed by atoms with van der Waals surface area (Å²) in [6, 6.07) is 9.42. The van der Waals surface area contributed by atoms with Crippen LogP contribution in [0.4, 0.5) is 0 Å². The number of likely N-dealkylation sites (N-methyl/N-ethyl adjacent to an activating group) is 1. The SMILES string of the molecule is CNCC1CCCCN1C(C)c1ccc(Cl)cc1. The maximum atomic E-state index is 5.96. The van der Waals surface area contributed by atoms with Crippen molar-refractivity contribution in [3.05, 3.63) is 34.9 Å². The predicted octanol–water partition coefficient (Wildman–Crippen LogP) is 3.47. The normalized spacial score (nSPS) is 22.9. The highest BCUT2D eigenvalue weighted by Crippen LogP contribution is 2.28. The number of benzene rings is 1. The lowest BCUT2D eigenvalue weighted by Gasteiger charge is -2.40. The minimum atomic E-state index is 0.473. The minimum Gasteiger partial charge on any atom is -0.318 e. The molecule has 2 rings (SSSR count). The molecule has 1 aromatic rings. The molecule has 2 atom stereocenters. The van der Waals surface area contributed by atoms with Crippen LogP contribution >= 0.6 is 11.6 Å². The summed E-state index contributed by atoms with van der Waals surface area (Å²) in [4.78, 5) is 2.63. The van der Waals surface area contributed by atoms with Crippen LogP contribution in [0.25, 0.3) is 0 Å². The second kappa shape index (κ2) is 6.55. The number of nitrogens with one attached hydrogen (secondary N) is 1. The minimum absolute atomic E-state index is 0.473. The highest BCUT2D eigenvalue weighted by Gasteiger charge is 2.26. The van der Waals surface area contributed by atoms with E-state index in [1.807, 2.05) is 19.2 Å². The van der Waals surface area contributed by atoms with Crippen LogP contribution < -0.4 is 5.32 Å². The Morgan fingerprint density at radius 1 is 1.33 bits per heavy atom. The lowest BCUT2D eigenvalue weighted by Crippen LogP contribution is -2.45. The van der Waals surface area contributed by atoms with Crippen LogP contribution in [0.15, 0.2) is 24.3 Å². The van der Waals surface area contributed by atoms with E-state index < -0.39 is 0 Å². The van der Waals surface area contributed by atoms with Crippen LogP contribution in [0.1, 0.15) is 37.8 Å². The standard InChI is InChI=1S/C15H23ClN2/c1-12(13-6-8-14(16)9-7-13)18-10-4-3-5-15(18)11-17-2/h6-9,12,15,17H,3-5,10-11H2,1-2H3. The summed E-state index contributed by atoms with van der Waals surface area (Å²) in [6.45, 7) is 4.59. The Hall–Kier alpha value is -0.570. The van der Waals surface area contributed by atoms with Gasteiger partial charge in [0, 0.05) is 23.7 Å². The highest BCUT2D eigenvalue weighted by atomic mass is 35.5. The first kappa shape index (κ1) is 13.9. The lowest BCUT2D eigenvalue weighted by molar-refractivity contribution is 0.103. The number of halogens is 1. The van der Waals surface area contributed by atoms with E-state index in [1.165, 1.54) is 31.4 Å². The molecule has 2 unspecified atom stereocenters. The Labute approximate surface area is 115 Å². The fourth-order valence-corrected chi connectivity index (χ4v) is 3.05. The summed E-state index contributed by atoms with van der Waals surface area (Å²) in [5, 5.41) is 4.14. The van der Waals surface area contributed by atoms with Crippen LogP contribution in [0, 0.1) is 0 Å². The molecule has 0 radical (unpaired) electrons. The predicted molar refractivity (Wildman–Crippen MR) is 78.1 cm³/mol. The van der Waals surface area contributed by atoms with Gasteiger partial charge in [0.05, 0.1) is 0 Å². The molecule has 0 spiro atoms. The highest BCUT2D eigenvalue weighted by molar-refractivity contribution is 6.30. The van der Waals surface area contributed by atoms with Crippen LogP contribution in [-0.4, -0.2) is 31.1 Å². The van der Waals surface area contributed by atoms with Crippen molar-refractivity contribution in [3.63, 3.8) is 0 Å². The number of hydrogen-bond acceptors (Lipinski definition) is 2. The van der Waals surface area contributed by atoms with Gasteiger partial charge in [-0.1, -0.05) is 30.2 Å².